The molecule has 3 heteroatoms. The third kappa shape index (κ3) is 3.00. The Bertz CT molecular complexity index is 860. The first-order valence-corrected chi connectivity index (χ1v) is 7.93. The summed E-state index contributed by atoms with van der Waals surface area (Å²) in [6.45, 7) is 2.13. The SMILES string of the molecule is CCCCc1oc(=O)c2ccccc2c1-c1ccc(OC)cc1. The van der Waals surface area contributed by atoms with Crippen molar-refractivity contribution >= 4 is 10.8 Å². The number of methoxy groups -OCH3 is 1. The van der Waals surface area contributed by atoms with Gasteiger partial charge in [-0.3, -0.25) is 0 Å². The highest BCUT2D eigenvalue weighted by Gasteiger charge is 2.15. The van der Waals surface area contributed by atoms with Crippen molar-refractivity contribution in [3.63, 3.8) is 0 Å². The summed E-state index contributed by atoms with van der Waals surface area (Å²) < 4.78 is 10.9. The van der Waals surface area contributed by atoms with Crippen LogP contribution in [0.4, 0.5) is 0 Å². The molecule has 1 heterocycles. The third-order valence-corrected chi connectivity index (χ3v) is 4.05. The fraction of sp³-hybridized carbons (Fsp3) is 0.250. The number of benzene rings is 2. The highest BCUT2D eigenvalue weighted by atomic mass is 16.5. The van der Waals surface area contributed by atoms with Gasteiger partial charge in [-0.05, 0) is 30.2 Å². The van der Waals surface area contributed by atoms with Gasteiger partial charge in [-0.15, -0.1) is 0 Å². The maximum Gasteiger partial charge on any atom is 0.343 e. The maximum atomic E-state index is 12.3. The van der Waals surface area contributed by atoms with E-state index in [4.69, 9.17) is 9.15 Å². The van der Waals surface area contributed by atoms with Gasteiger partial charge in [0.15, 0.2) is 0 Å². The minimum Gasteiger partial charge on any atom is -0.497 e. The van der Waals surface area contributed by atoms with Crippen molar-refractivity contribution in [2.45, 2.75) is 26.2 Å². The number of aryl methyl sites for hydroxylation is 1. The molecule has 0 fully saturated rings. The lowest BCUT2D eigenvalue weighted by molar-refractivity contribution is 0.415. The fourth-order valence-corrected chi connectivity index (χ4v) is 2.83. The molecule has 3 rings (SSSR count). The molecule has 0 aliphatic heterocycles. The zero-order valence-electron chi connectivity index (χ0n) is 13.5. The lowest BCUT2D eigenvalue weighted by Gasteiger charge is -2.12. The molecule has 118 valence electrons. The lowest BCUT2D eigenvalue weighted by Crippen LogP contribution is -2.05. The van der Waals surface area contributed by atoms with E-state index in [0.29, 0.717) is 5.39 Å². The molecule has 3 aromatic rings. The molecule has 0 bridgehead atoms. The third-order valence-electron chi connectivity index (χ3n) is 4.05. The molecule has 0 amide bonds. The van der Waals surface area contributed by atoms with Crippen molar-refractivity contribution in [3.8, 4) is 16.9 Å². The second kappa shape index (κ2) is 6.69. The van der Waals surface area contributed by atoms with E-state index in [1.807, 2.05) is 48.5 Å². The molecule has 23 heavy (non-hydrogen) atoms. The largest absolute Gasteiger partial charge is 0.497 e. The Morgan fingerprint density at radius 3 is 2.35 bits per heavy atom. The van der Waals surface area contributed by atoms with Crippen molar-refractivity contribution in [2.24, 2.45) is 0 Å². The van der Waals surface area contributed by atoms with Crippen LogP contribution in [0.25, 0.3) is 21.9 Å². The number of ether oxygens (including phenoxy) is 1. The molecule has 2 aromatic carbocycles. The van der Waals surface area contributed by atoms with Crippen LogP contribution >= 0.6 is 0 Å². The topological polar surface area (TPSA) is 39.4 Å². The van der Waals surface area contributed by atoms with Crippen LogP contribution in [0.1, 0.15) is 25.5 Å². The molecule has 0 unspecified atom stereocenters. The Labute approximate surface area is 135 Å². The molecule has 0 aliphatic rings. The Morgan fingerprint density at radius 1 is 1.00 bits per heavy atom. The Morgan fingerprint density at radius 2 is 1.70 bits per heavy atom. The van der Waals surface area contributed by atoms with Gasteiger partial charge in [0.05, 0.1) is 12.5 Å². The van der Waals surface area contributed by atoms with Crippen LogP contribution in [0.3, 0.4) is 0 Å². The summed E-state index contributed by atoms with van der Waals surface area (Å²) >= 11 is 0. The first-order chi connectivity index (χ1) is 11.2. The molecule has 3 nitrogen and oxygen atoms in total. The zero-order valence-corrected chi connectivity index (χ0v) is 13.5. The van der Waals surface area contributed by atoms with E-state index in [-0.39, 0.29) is 5.63 Å². The van der Waals surface area contributed by atoms with Crippen LogP contribution in [-0.4, -0.2) is 7.11 Å². The van der Waals surface area contributed by atoms with E-state index >= 15 is 0 Å². The van der Waals surface area contributed by atoms with Gasteiger partial charge in [-0.1, -0.05) is 43.7 Å². The summed E-state index contributed by atoms with van der Waals surface area (Å²) in [4.78, 5) is 12.3. The average Bonchev–Trinajstić information content (AvgIpc) is 2.60. The number of unbranched alkanes of at least 4 members (excludes halogenated alkanes) is 1. The van der Waals surface area contributed by atoms with Crippen LogP contribution in [0.15, 0.2) is 57.7 Å². The van der Waals surface area contributed by atoms with Gasteiger partial charge in [0, 0.05) is 17.4 Å². The van der Waals surface area contributed by atoms with Gasteiger partial charge in [0.1, 0.15) is 11.5 Å². The number of hydrogen-bond acceptors (Lipinski definition) is 3. The molecule has 0 aliphatic carbocycles. The van der Waals surface area contributed by atoms with Crippen molar-refractivity contribution in [3.05, 3.63) is 64.7 Å². The molecule has 0 N–H and O–H groups in total. The van der Waals surface area contributed by atoms with Crippen molar-refractivity contribution in [1.82, 2.24) is 0 Å². The normalized spacial score (nSPS) is 10.9. The van der Waals surface area contributed by atoms with Crippen molar-refractivity contribution < 1.29 is 9.15 Å². The summed E-state index contributed by atoms with van der Waals surface area (Å²) in [5.74, 6) is 1.58. The van der Waals surface area contributed by atoms with Gasteiger partial charge in [0.2, 0.25) is 0 Å². The summed E-state index contributed by atoms with van der Waals surface area (Å²) in [5, 5.41) is 1.57. The van der Waals surface area contributed by atoms with Crippen LogP contribution in [0, 0.1) is 0 Å². The Balaban J connectivity index is 2.25. The smallest absolute Gasteiger partial charge is 0.343 e. The zero-order chi connectivity index (χ0) is 16.2. The van der Waals surface area contributed by atoms with Crippen LogP contribution in [-0.2, 0) is 6.42 Å². The van der Waals surface area contributed by atoms with E-state index in [9.17, 15) is 4.79 Å². The molecule has 0 saturated heterocycles. The van der Waals surface area contributed by atoms with E-state index in [0.717, 1.165) is 47.3 Å². The molecular weight excluding hydrogens is 288 g/mol. The van der Waals surface area contributed by atoms with Crippen LogP contribution in [0.2, 0.25) is 0 Å². The summed E-state index contributed by atoms with van der Waals surface area (Å²) in [7, 11) is 1.65. The molecule has 1 aromatic heterocycles. The van der Waals surface area contributed by atoms with Gasteiger partial charge < -0.3 is 9.15 Å². The predicted molar refractivity (Wildman–Crippen MR) is 93.1 cm³/mol. The van der Waals surface area contributed by atoms with Crippen molar-refractivity contribution in [2.75, 3.05) is 7.11 Å². The number of rotatable bonds is 5. The van der Waals surface area contributed by atoms with Gasteiger partial charge >= 0.3 is 5.63 Å². The van der Waals surface area contributed by atoms with Gasteiger partial charge in [0.25, 0.3) is 0 Å². The van der Waals surface area contributed by atoms with E-state index in [1.165, 1.54) is 0 Å². The molecule has 0 atom stereocenters. The predicted octanol–water partition coefficient (Wildman–Crippen LogP) is 4.81. The summed E-state index contributed by atoms with van der Waals surface area (Å²) in [6.07, 6.45) is 2.81. The second-order valence-electron chi connectivity index (χ2n) is 5.57. The maximum absolute atomic E-state index is 12.3. The number of hydrogen-bond donors (Lipinski definition) is 0. The second-order valence-corrected chi connectivity index (χ2v) is 5.57. The quantitative estimate of drug-likeness (QED) is 0.679. The number of fused-ring (bicyclic) bond motifs is 1. The molecule has 0 radical (unpaired) electrons. The first-order valence-electron chi connectivity index (χ1n) is 7.93. The Hall–Kier alpha value is -2.55. The minimum atomic E-state index is -0.260. The highest BCUT2D eigenvalue weighted by Crippen LogP contribution is 2.32. The highest BCUT2D eigenvalue weighted by molar-refractivity contribution is 5.96. The first kappa shape index (κ1) is 15.3. The van der Waals surface area contributed by atoms with E-state index in [1.54, 1.807) is 7.11 Å². The van der Waals surface area contributed by atoms with Crippen molar-refractivity contribution in [1.29, 1.82) is 0 Å². The lowest BCUT2D eigenvalue weighted by atomic mass is 9.96. The summed E-state index contributed by atoms with van der Waals surface area (Å²) in [6, 6.07) is 15.5. The molecular formula is C20H20O3. The fourth-order valence-electron chi connectivity index (χ4n) is 2.83. The van der Waals surface area contributed by atoms with Crippen LogP contribution in [0.5, 0.6) is 5.75 Å². The average molecular weight is 308 g/mol. The molecule has 0 spiro atoms. The minimum absolute atomic E-state index is 0.260. The van der Waals surface area contributed by atoms with Gasteiger partial charge in [-0.25, -0.2) is 4.79 Å². The van der Waals surface area contributed by atoms with Gasteiger partial charge in [-0.2, -0.15) is 0 Å². The monoisotopic (exact) mass is 308 g/mol. The van der Waals surface area contributed by atoms with E-state index < -0.39 is 0 Å². The standard InChI is InChI=1S/C20H20O3/c1-3-4-9-18-19(14-10-12-15(22-2)13-11-14)16-7-5-6-8-17(16)20(21)23-18/h5-8,10-13H,3-4,9H2,1-2H3. The molecule has 0 saturated carbocycles. The summed E-state index contributed by atoms with van der Waals surface area (Å²) in [5.41, 5.74) is 1.79. The van der Waals surface area contributed by atoms with Crippen LogP contribution < -0.4 is 10.4 Å². The van der Waals surface area contributed by atoms with E-state index in [2.05, 4.69) is 6.92 Å². The Kier molecular flexibility index (Phi) is 4.47.